The Balaban J connectivity index is 1.68. The summed E-state index contributed by atoms with van der Waals surface area (Å²) in [6, 6.07) is 22.5. The lowest BCUT2D eigenvalue weighted by Gasteiger charge is -2.11. The van der Waals surface area contributed by atoms with Crippen LogP contribution in [0.15, 0.2) is 78.9 Å². The largest absolute Gasteiger partial charge is 0.508 e. The van der Waals surface area contributed by atoms with Crippen molar-refractivity contribution in [1.82, 2.24) is 0 Å². The number of fused-ring (bicyclic) bond motifs is 2. The van der Waals surface area contributed by atoms with Gasteiger partial charge in [-0.05, 0) is 60.3 Å². The molecule has 1 aromatic heterocycles. The highest BCUT2D eigenvalue weighted by Gasteiger charge is 2.23. The zero-order valence-electron chi connectivity index (χ0n) is 17.5. The Kier molecular flexibility index (Phi) is 5.07. The summed E-state index contributed by atoms with van der Waals surface area (Å²) in [5.74, 6) is -0.124. The highest BCUT2D eigenvalue weighted by Crippen LogP contribution is 2.44. The third-order valence-corrected chi connectivity index (χ3v) is 6.66. The second kappa shape index (κ2) is 8.07. The lowest BCUT2D eigenvalue weighted by molar-refractivity contribution is 0.0696. The molecule has 5 aromatic rings. The lowest BCUT2D eigenvalue weighted by Crippen LogP contribution is -2.03. The van der Waals surface area contributed by atoms with E-state index in [9.17, 15) is 19.8 Å². The smallest absolute Gasteiger partial charge is 0.335 e. The third-order valence-electron chi connectivity index (χ3n) is 5.52. The molecule has 0 radical (unpaired) electrons. The molecule has 0 fully saturated rings. The zero-order chi connectivity index (χ0) is 23.1. The van der Waals surface area contributed by atoms with E-state index in [-0.39, 0.29) is 17.1 Å². The highest BCUT2D eigenvalue weighted by molar-refractivity contribution is 7.21. The van der Waals surface area contributed by atoms with Gasteiger partial charge in [-0.15, -0.1) is 11.3 Å². The molecule has 0 spiro atoms. The summed E-state index contributed by atoms with van der Waals surface area (Å²) in [6.45, 7) is 1.89. The molecule has 0 bridgehead atoms. The standard InChI is InChI=1S/C27H18O5S/c1-15-5-2-3-7-19(15)24(29)26-25(21-12-10-18(28)14-23(21)33-26)32-22-8-4-6-16-13-17(27(30)31)9-11-20(16)22/h2-14,28H,1H3,(H,30,31). The van der Waals surface area contributed by atoms with Crippen molar-refractivity contribution in [2.45, 2.75) is 6.92 Å². The van der Waals surface area contributed by atoms with E-state index in [1.165, 1.54) is 17.4 Å². The Hall–Kier alpha value is -4.16. The molecule has 0 aliphatic rings. The van der Waals surface area contributed by atoms with Crippen LogP contribution in [0.3, 0.4) is 0 Å². The number of carbonyl (C=O) groups excluding carboxylic acids is 1. The molecule has 4 aromatic carbocycles. The maximum absolute atomic E-state index is 13.5. The third kappa shape index (κ3) is 3.70. The van der Waals surface area contributed by atoms with Gasteiger partial charge in [0.05, 0.1) is 5.56 Å². The average Bonchev–Trinajstić information content (AvgIpc) is 3.16. The maximum atomic E-state index is 13.5. The SMILES string of the molecule is Cc1ccccc1C(=O)c1sc2cc(O)ccc2c1Oc1cccc2cc(C(=O)O)ccc12. The van der Waals surface area contributed by atoms with Crippen LogP contribution in [0.5, 0.6) is 17.2 Å². The molecule has 0 amide bonds. The van der Waals surface area contributed by atoms with Crippen LogP contribution in [-0.2, 0) is 0 Å². The molecule has 0 aliphatic heterocycles. The van der Waals surface area contributed by atoms with Crippen LogP contribution < -0.4 is 4.74 Å². The van der Waals surface area contributed by atoms with Gasteiger partial charge in [0.25, 0.3) is 0 Å². The van der Waals surface area contributed by atoms with Crippen LogP contribution in [-0.4, -0.2) is 22.0 Å². The summed E-state index contributed by atoms with van der Waals surface area (Å²) in [6.07, 6.45) is 0. The second-order valence-electron chi connectivity index (χ2n) is 7.68. The molecule has 0 saturated carbocycles. The van der Waals surface area contributed by atoms with Crippen LogP contribution in [0.4, 0.5) is 0 Å². The zero-order valence-corrected chi connectivity index (χ0v) is 18.3. The summed E-state index contributed by atoms with van der Waals surface area (Å²) < 4.78 is 7.09. The molecule has 5 nitrogen and oxygen atoms in total. The fraction of sp³-hybridized carbons (Fsp3) is 0.0370. The number of phenolic OH excluding ortho intramolecular Hbond substituents is 1. The van der Waals surface area contributed by atoms with Gasteiger partial charge < -0.3 is 14.9 Å². The van der Waals surface area contributed by atoms with Crippen molar-refractivity contribution in [3.8, 4) is 17.2 Å². The average molecular weight is 455 g/mol. The molecule has 1 heterocycles. The van der Waals surface area contributed by atoms with Gasteiger partial charge in [0.2, 0.25) is 5.78 Å². The molecule has 0 saturated heterocycles. The van der Waals surface area contributed by atoms with Gasteiger partial charge >= 0.3 is 5.97 Å². The predicted molar refractivity (Wildman–Crippen MR) is 129 cm³/mol. The number of aromatic hydroxyl groups is 1. The van der Waals surface area contributed by atoms with E-state index < -0.39 is 5.97 Å². The summed E-state index contributed by atoms with van der Waals surface area (Å²) in [5.41, 5.74) is 1.63. The van der Waals surface area contributed by atoms with Crippen molar-refractivity contribution in [3.05, 3.63) is 100 Å². The van der Waals surface area contributed by atoms with Crippen LogP contribution >= 0.6 is 11.3 Å². The Labute approximate surface area is 193 Å². The number of benzene rings is 4. The van der Waals surface area contributed by atoms with Crippen LogP contribution in [0.25, 0.3) is 20.9 Å². The Morgan fingerprint density at radius 3 is 2.45 bits per heavy atom. The van der Waals surface area contributed by atoms with Gasteiger partial charge in [0, 0.05) is 21.0 Å². The first-order chi connectivity index (χ1) is 15.9. The van der Waals surface area contributed by atoms with Crippen LogP contribution in [0.1, 0.15) is 31.2 Å². The van der Waals surface area contributed by atoms with Gasteiger partial charge in [-0.1, -0.05) is 36.4 Å². The van der Waals surface area contributed by atoms with Crippen molar-refractivity contribution in [2.75, 3.05) is 0 Å². The molecule has 5 rings (SSSR count). The van der Waals surface area contributed by atoms with Gasteiger partial charge in [0.1, 0.15) is 16.4 Å². The molecule has 6 heteroatoms. The minimum Gasteiger partial charge on any atom is -0.508 e. The topological polar surface area (TPSA) is 83.8 Å². The molecule has 33 heavy (non-hydrogen) atoms. The number of thiophene rings is 1. The summed E-state index contributed by atoms with van der Waals surface area (Å²) in [4.78, 5) is 25.3. The predicted octanol–water partition coefficient (Wildman–Crippen LogP) is 6.79. The number of phenols is 1. The van der Waals surface area contributed by atoms with E-state index >= 15 is 0 Å². The van der Waals surface area contributed by atoms with Crippen molar-refractivity contribution in [3.63, 3.8) is 0 Å². The van der Waals surface area contributed by atoms with Gasteiger partial charge in [0.15, 0.2) is 5.75 Å². The molecular formula is C27H18O5S. The molecule has 2 N–H and O–H groups in total. The molecule has 162 valence electrons. The first-order valence-corrected chi connectivity index (χ1v) is 11.0. The van der Waals surface area contributed by atoms with Crippen molar-refractivity contribution >= 4 is 43.9 Å². The number of hydrogen-bond acceptors (Lipinski definition) is 5. The molecule has 0 aliphatic carbocycles. The second-order valence-corrected chi connectivity index (χ2v) is 8.74. The molecular weight excluding hydrogens is 436 g/mol. The van der Waals surface area contributed by atoms with E-state index in [4.69, 9.17) is 4.74 Å². The number of aryl methyl sites for hydroxylation is 1. The monoisotopic (exact) mass is 454 g/mol. The number of ether oxygens (including phenoxy) is 1. The van der Waals surface area contributed by atoms with Crippen LogP contribution in [0, 0.1) is 6.92 Å². The highest BCUT2D eigenvalue weighted by atomic mass is 32.1. The number of aromatic carboxylic acids is 1. The summed E-state index contributed by atoms with van der Waals surface area (Å²) in [7, 11) is 0. The minimum atomic E-state index is -1.00. The van der Waals surface area contributed by atoms with Crippen molar-refractivity contribution in [1.29, 1.82) is 0 Å². The van der Waals surface area contributed by atoms with E-state index in [2.05, 4.69) is 0 Å². The summed E-state index contributed by atoms with van der Waals surface area (Å²) in [5, 5.41) is 21.4. The maximum Gasteiger partial charge on any atom is 0.335 e. The first-order valence-electron chi connectivity index (χ1n) is 10.2. The Bertz CT molecular complexity index is 1560. The fourth-order valence-electron chi connectivity index (χ4n) is 3.85. The van der Waals surface area contributed by atoms with E-state index in [1.54, 1.807) is 48.5 Å². The lowest BCUT2D eigenvalue weighted by atomic mass is 10.0. The van der Waals surface area contributed by atoms with Gasteiger partial charge in [-0.2, -0.15) is 0 Å². The number of carbonyl (C=O) groups is 2. The summed E-state index contributed by atoms with van der Waals surface area (Å²) >= 11 is 1.27. The minimum absolute atomic E-state index is 0.108. The van der Waals surface area contributed by atoms with E-state index in [0.29, 0.717) is 27.3 Å². The van der Waals surface area contributed by atoms with Gasteiger partial charge in [-0.25, -0.2) is 4.79 Å². The Morgan fingerprint density at radius 1 is 0.879 bits per heavy atom. The van der Waals surface area contributed by atoms with Crippen LogP contribution in [0.2, 0.25) is 0 Å². The van der Waals surface area contributed by atoms with E-state index in [1.807, 2.05) is 31.2 Å². The number of hydrogen-bond donors (Lipinski definition) is 2. The Morgan fingerprint density at radius 2 is 1.67 bits per heavy atom. The number of rotatable bonds is 5. The number of ketones is 1. The molecule has 0 atom stereocenters. The van der Waals surface area contributed by atoms with E-state index in [0.717, 1.165) is 21.0 Å². The fourth-order valence-corrected chi connectivity index (χ4v) is 4.97. The number of carboxylic acids is 1. The van der Waals surface area contributed by atoms with Crippen molar-refractivity contribution < 1.29 is 24.5 Å². The number of carboxylic acid groups (broad SMARTS) is 1. The quantitative estimate of drug-likeness (QED) is 0.286. The van der Waals surface area contributed by atoms with Crippen molar-refractivity contribution in [2.24, 2.45) is 0 Å². The van der Waals surface area contributed by atoms with Gasteiger partial charge in [-0.3, -0.25) is 4.79 Å². The molecule has 0 unspecified atom stereocenters. The normalized spacial score (nSPS) is 11.1. The first kappa shape index (κ1) is 20.7.